The van der Waals surface area contributed by atoms with Crippen molar-refractivity contribution in [2.75, 3.05) is 6.54 Å². The maximum absolute atomic E-state index is 12.1. The van der Waals surface area contributed by atoms with E-state index in [1.807, 2.05) is 42.5 Å². The number of hydrogen-bond acceptors (Lipinski definition) is 2. The van der Waals surface area contributed by atoms with Crippen LogP contribution in [0.15, 0.2) is 60.7 Å². The van der Waals surface area contributed by atoms with Crippen molar-refractivity contribution in [1.29, 1.82) is 0 Å². The molecule has 2 aromatic carbocycles. The first kappa shape index (κ1) is 12.4. The zero-order valence-electron chi connectivity index (χ0n) is 10.8. The molecule has 0 fully saturated rings. The van der Waals surface area contributed by atoms with Gasteiger partial charge in [0.05, 0.1) is 11.1 Å². The van der Waals surface area contributed by atoms with Gasteiger partial charge in [-0.25, -0.2) is 0 Å². The highest BCUT2D eigenvalue weighted by molar-refractivity contribution is 6.21. The first-order valence-electron chi connectivity index (χ1n) is 6.44. The molecule has 3 rings (SSSR count). The van der Waals surface area contributed by atoms with Gasteiger partial charge in [-0.3, -0.25) is 14.5 Å². The van der Waals surface area contributed by atoms with Gasteiger partial charge < -0.3 is 0 Å². The summed E-state index contributed by atoms with van der Waals surface area (Å²) < 4.78 is 0. The molecular weight excluding hydrogens is 250 g/mol. The predicted octanol–water partition coefficient (Wildman–Crippen LogP) is 3.00. The van der Waals surface area contributed by atoms with Crippen LogP contribution < -0.4 is 0 Å². The fourth-order valence-corrected chi connectivity index (χ4v) is 2.26. The van der Waals surface area contributed by atoms with Crippen LogP contribution in [0.2, 0.25) is 0 Å². The van der Waals surface area contributed by atoms with E-state index in [-0.39, 0.29) is 11.8 Å². The monoisotopic (exact) mass is 263 g/mol. The standard InChI is InChI=1S/C17H13NO2/c19-16-14-10-4-5-11-15(14)17(20)18(16)12-6-9-13-7-2-1-3-8-13/h1-11H,12H2/b9-6-. The summed E-state index contributed by atoms with van der Waals surface area (Å²) in [5.74, 6) is -0.438. The summed E-state index contributed by atoms with van der Waals surface area (Å²) in [5.41, 5.74) is 2.03. The highest BCUT2D eigenvalue weighted by atomic mass is 16.2. The van der Waals surface area contributed by atoms with Gasteiger partial charge in [0.1, 0.15) is 0 Å². The van der Waals surface area contributed by atoms with E-state index < -0.39 is 0 Å². The summed E-state index contributed by atoms with van der Waals surface area (Å²) >= 11 is 0. The molecule has 20 heavy (non-hydrogen) atoms. The lowest BCUT2D eigenvalue weighted by molar-refractivity contribution is 0.0672. The number of carbonyl (C=O) groups excluding carboxylic acids is 2. The maximum atomic E-state index is 12.1. The molecule has 1 aliphatic heterocycles. The lowest BCUT2D eigenvalue weighted by Crippen LogP contribution is -2.29. The number of amides is 2. The molecule has 3 nitrogen and oxygen atoms in total. The Morgan fingerprint density at radius 3 is 1.95 bits per heavy atom. The van der Waals surface area contributed by atoms with E-state index >= 15 is 0 Å². The van der Waals surface area contributed by atoms with Crippen LogP contribution in [0.25, 0.3) is 6.08 Å². The SMILES string of the molecule is O=C1c2ccccc2C(=O)N1C/C=C\c1ccccc1. The number of rotatable bonds is 3. The van der Waals surface area contributed by atoms with Crippen molar-refractivity contribution in [2.45, 2.75) is 0 Å². The highest BCUT2D eigenvalue weighted by Gasteiger charge is 2.33. The summed E-state index contributed by atoms with van der Waals surface area (Å²) in [5, 5.41) is 0. The van der Waals surface area contributed by atoms with Crippen molar-refractivity contribution >= 4 is 17.9 Å². The van der Waals surface area contributed by atoms with E-state index in [0.29, 0.717) is 17.7 Å². The van der Waals surface area contributed by atoms with Crippen molar-refractivity contribution in [2.24, 2.45) is 0 Å². The highest BCUT2D eigenvalue weighted by Crippen LogP contribution is 2.22. The Morgan fingerprint density at radius 2 is 1.35 bits per heavy atom. The van der Waals surface area contributed by atoms with Crippen LogP contribution in [0.4, 0.5) is 0 Å². The Hall–Kier alpha value is -2.68. The van der Waals surface area contributed by atoms with E-state index in [9.17, 15) is 9.59 Å². The minimum Gasteiger partial charge on any atom is -0.270 e. The average molecular weight is 263 g/mol. The van der Waals surface area contributed by atoms with Gasteiger partial charge in [-0.05, 0) is 17.7 Å². The third kappa shape index (κ3) is 2.14. The largest absolute Gasteiger partial charge is 0.270 e. The molecule has 3 heteroatoms. The van der Waals surface area contributed by atoms with Crippen molar-refractivity contribution in [3.8, 4) is 0 Å². The van der Waals surface area contributed by atoms with Crippen LogP contribution in [0.1, 0.15) is 26.3 Å². The van der Waals surface area contributed by atoms with Crippen molar-refractivity contribution in [3.05, 3.63) is 77.4 Å². The number of nitrogens with zero attached hydrogens (tertiary/aromatic N) is 1. The van der Waals surface area contributed by atoms with Crippen LogP contribution in [-0.2, 0) is 0 Å². The predicted molar refractivity (Wildman–Crippen MR) is 77.3 cm³/mol. The Labute approximate surface area is 117 Å². The lowest BCUT2D eigenvalue weighted by atomic mass is 10.1. The molecular formula is C17H13NO2. The second kappa shape index (κ2) is 5.13. The minimum atomic E-state index is -0.219. The maximum Gasteiger partial charge on any atom is 0.261 e. The van der Waals surface area contributed by atoms with Crippen molar-refractivity contribution < 1.29 is 9.59 Å². The summed E-state index contributed by atoms with van der Waals surface area (Å²) in [6, 6.07) is 16.7. The summed E-state index contributed by atoms with van der Waals surface area (Å²) in [6.45, 7) is 0.293. The van der Waals surface area contributed by atoms with Crippen LogP contribution in [0, 0.1) is 0 Å². The van der Waals surface area contributed by atoms with Gasteiger partial charge >= 0.3 is 0 Å². The second-order valence-corrected chi connectivity index (χ2v) is 4.58. The van der Waals surface area contributed by atoms with Gasteiger partial charge in [0.25, 0.3) is 11.8 Å². The zero-order valence-corrected chi connectivity index (χ0v) is 10.8. The summed E-state index contributed by atoms with van der Waals surface area (Å²) in [4.78, 5) is 25.5. The molecule has 0 bridgehead atoms. The van der Waals surface area contributed by atoms with Crippen molar-refractivity contribution in [1.82, 2.24) is 4.90 Å². The smallest absolute Gasteiger partial charge is 0.261 e. The number of benzene rings is 2. The zero-order chi connectivity index (χ0) is 13.9. The summed E-state index contributed by atoms with van der Waals surface area (Å²) in [7, 11) is 0. The molecule has 0 radical (unpaired) electrons. The Morgan fingerprint density at radius 1 is 0.800 bits per heavy atom. The second-order valence-electron chi connectivity index (χ2n) is 4.58. The first-order valence-corrected chi connectivity index (χ1v) is 6.44. The molecule has 0 aliphatic carbocycles. The van der Waals surface area contributed by atoms with E-state index in [4.69, 9.17) is 0 Å². The van der Waals surface area contributed by atoms with E-state index in [1.54, 1.807) is 24.3 Å². The van der Waals surface area contributed by atoms with Gasteiger partial charge in [0, 0.05) is 6.54 Å². The fraction of sp³-hybridized carbons (Fsp3) is 0.0588. The molecule has 1 aliphatic rings. The molecule has 0 atom stereocenters. The van der Waals surface area contributed by atoms with Gasteiger partial charge in [-0.2, -0.15) is 0 Å². The topological polar surface area (TPSA) is 37.4 Å². The molecule has 0 spiro atoms. The van der Waals surface area contributed by atoms with Gasteiger partial charge in [0.2, 0.25) is 0 Å². The normalized spacial score (nSPS) is 14.1. The minimum absolute atomic E-state index is 0.219. The van der Waals surface area contributed by atoms with Crippen LogP contribution in [0.5, 0.6) is 0 Å². The molecule has 0 N–H and O–H groups in total. The summed E-state index contributed by atoms with van der Waals surface area (Å²) in [6.07, 6.45) is 3.74. The first-order chi connectivity index (χ1) is 9.77. The molecule has 1 heterocycles. The van der Waals surface area contributed by atoms with Crippen LogP contribution in [0.3, 0.4) is 0 Å². The number of imide groups is 1. The van der Waals surface area contributed by atoms with Crippen molar-refractivity contribution in [3.63, 3.8) is 0 Å². The molecule has 98 valence electrons. The van der Waals surface area contributed by atoms with Crippen LogP contribution in [-0.4, -0.2) is 23.3 Å². The quantitative estimate of drug-likeness (QED) is 0.798. The van der Waals surface area contributed by atoms with E-state index in [0.717, 1.165) is 5.56 Å². The number of fused-ring (bicyclic) bond motifs is 1. The molecule has 2 amide bonds. The number of carbonyl (C=O) groups is 2. The number of hydrogen-bond donors (Lipinski definition) is 0. The molecule has 2 aromatic rings. The Kier molecular flexibility index (Phi) is 3.17. The third-order valence-corrected chi connectivity index (χ3v) is 3.28. The van der Waals surface area contributed by atoms with Gasteiger partial charge in [-0.15, -0.1) is 0 Å². The molecule has 0 saturated heterocycles. The van der Waals surface area contributed by atoms with Gasteiger partial charge in [-0.1, -0.05) is 54.6 Å². The average Bonchev–Trinajstić information content (AvgIpc) is 2.74. The van der Waals surface area contributed by atoms with E-state index in [2.05, 4.69) is 0 Å². The van der Waals surface area contributed by atoms with Gasteiger partial charge in [0.15, 0.2) is 0 Å². The molecule has 0 unspecified atom stereocenters. The molecule has 0 saturated carbocycles. The lowest BCUT2D eigenvalue weighted by Gasteiger charge is -2.10. The third-order valence-electron chi connectivity index (χ3n) is 3.28. The Balaban J connectivity index is 1.76. The van der Waals surface area contributed by atoms with Crippen LogP contribution >= 0.6 is 0 Å². The van der Waals surface area contributed by atoms with E-state index in [1.165, 1.54) is 4.90 Å². The fourth-order valence-electron chi connectivity index (χ4n) is 2.26. The molecule has 0 aromatic heterocycles. The Bertz CT molecular complexity index is 654.